The molecule has 5 heteroatoms. The summed E-state index contributed by atoms with van der Waals surface area (Å²) in [6, 6.07) is 14.5. The molecule has 2 aromatic carbocycles. The minimum Gasteiger partial charge on any atom is -0.497 e. The number of benzene rings is 2. The van der Waals surface area contributed by atoms with Crippen LogP contribution in [0.5, 0.6) is 11.5 Å². The first-order valence-electron chi connectivity index (χ1n) is 8.58. The highest BCUT2D eigenvalue weighted by Gasteiger charge is 2.30. The minimum absolute atomic E-state index is 0.197. The third kappa shape index (κ3) is 5.18. The number of hydrogen-bond donors (Lipinski definition) is 1. The number of methoxy groups -OCH3 is 1. The van der Waals surface area contributed by atoms with Gasteiger partial charge in [0, 0.05) is 24.7 Å². The first kappa shape index (κ1) is 17.7. The van der Waals surface area contributed by atoms with E-state index in [1.807, 2.05) is 30.3 Å². The van der Waals surface area contributed by atoms with Gasteiger partial charge in [-0.1, -0.05) is 18.2 Å². The molecule has 1 atom stereocenters. The molecule has 0 aromatic heterocycles. The number of nitrogens with zero attached hydrogens (tertiary/aromatic N) is 1. The van der Waals surface area contributed by atoms with Crippen molar-refractivity contribution in [2.24, 2.45) is 0 Å². The third-order valence-corrected chi connectivity index (χ3v) is 4.34. The van der Waals surface area contributed by atoms with Crippen LogP contribution in [0.3, 0.4) is 0 Å². The summed E-state index contributed by atoms with van der Waals surface area (Å²) in [5.41, 5.74) is 0.665. The van der Waals surface area contributed by atoms with Crippen molar-refractivity contribution in [2.45, 2.75) is 31.5 Å². The predicted molar refractivity (Wildman–Crippen MR) is 94.3 cm³/mol. The summed E-state index contributed by atoms with van der Waals surface area (Å²) in [7, 11) is 1.61. The Bertz CT molecular complexity index is 673. The maximum atomic E-state index is 13.9. The van der Waals surface area contributed by atoms with Crippen LogP contribution in [-0.2, 0) is 6.54 Å². The largest absolute Gasteiger partial charge is 0.497 e. The average molecular weight is 345 g/mol. The number of hydrogen-bond acceptors (Lipinski definition) is 4. The van der Waals surface area contributed by atoms with Gasteiger partial charge in [0.2, 0.25) is 0 Å². The smallest absolute Gasteiger partial charge is 0.127 e. The van der Waals surface area contributed by atoms with E-state index in [9.17, 15) is 9.50 Å². The number of ether oxygens (including phenoxy) is 2. The van der Waals surface area contributed by atoms with Gasteiger partial charge in [0.1, 0.15) is 30.0 Å². The zero-order valence-corrected chi connectivity index (χ0v) is 14.4. The van der Waals surface area contributed by atoms with Gasteiger partial charge in [-0.3, -0.25) is 4.90 Å². The monoisotopic (exact) mass is 345 g/mol. The van der Waals surface area contributed by atoms with Gasteiger partial charge in [-0.25, -0.2) is 4.39 Å². The molecular formula is C20H24FNO3. The molecule has 0 unspecified atom stereocenters. The Morgan fingerprint density at radius 1 is 1.12 bits per heavy atom. The van der Waals surface area contributed by atoms with Crippen molar-refractivity contribution in [3.8, 4) is 11.5 Å². The number of aliphatic hydroxyl groups excluding tert-OH is 1. The Balaban J connectivity index is 1.52. The normalized spacial score (nSPS) is 15.2. The standard InChI is InChI=1S/C20H24FNO3/c1-24-18-8-10-19(11-9-18)25-14-17(23)13-22(16-6-7-16)12-15-4-2-3-5-20(15)21/h2-5,8-11,16-17,23H,6-7,12-14H2,1H3/t17-/m1/s1. The molecule has 4 nitrogen and oxygen atoms in total. The molecule has 25 heavy (non-hydrogen) atoms. The van der Waals surface area contributed by atoms with E-state index in [2.05, 4.69) is 4.90 Å². The molecule has 0 saturated heterocycles. The van der Waals surface area contributed by atoms with E-state index in [0.717, 1.165) is 18.6 Å². The van der Waals surface area contributed by atoms with Crippen molar-refractivity contribution in [2.75, 3.05) is 20.3 Å². The van der Waals surface area contributed by atoms with E-state index in [1.165, 1.54) is 6.07 Å². The fourth-order valence-corrected chi connectivity index (χ4v) is 2.82. The van der Waals surface area contributed by atoms with Crippen LogP contribution in [0.2, 0.25) is 0 Å². The van der Waals surface area contributed by atoms with Crippen molar-refractivity contribution >= 4 is 0 Å². The second-order valence-corrected chi connectivity index (χ2v) is 6.39. The van der Waals surface area contributed by atoms with Gasteiger partial charge < -0.3 is 14.6 Å². The molecule has 2 aromatic rings. The molecule has 1 N–H and O–H groups in total. The molecule has 0 amide bonds. The van der Waals surface area contributed by atoms with Crippen LogP contribution in [0.4, 0.5) is 4.39 Å². The molecule has 1 fully saturated rings. The Labute approximate surface area is 147 Å². The number of halogens is 1. The summed E-state index contributed by atoms with van der Waals surface area (Å²) < 4.78 is 24.6. The molecule has 3 rings (SSSR count). The second-order valence-electron chi connectivity index (χ2n) is 6.39. The Kier molecular flexibility index (Phi) is 5.89. The molecule has 0 bridgehead atoms. The highest BCUT2D eigenvalue weighted by molar-refractivity contribution is 5.31. The third-order valence-electron chi connectivity index (χ3n) is 4.34. The Morgan fingerprint density at radius 3 is 2.44 bits per heavy atom. The van der Waals surface area contributed by atoms with E-state index in [4.69, 9.17) is 9.47 Å². The van der Waals surface area contributed by atoms with Crippen LogP contribution in [0.25, 0.3) is 0 Å². The second kappa shape index (κ2) is 8.32. The van der Waals surface area contributed by atoms with E-state index in [-0.39, 0.29) is 12.4 Å². The van der Waals surface area contributed by atoms with Crippen molar-refractivity contribution in [3.63, 3.8) is 0 Å². The predicted octanol–water partition coefficient (Wildman–Crippen LogP) is 3.24. The zero-order valence-electron chi connectivity index (χ0n) is 14.4. The lowest BCUT2D eigenvalue weighted by Crippen LogP contribution is -2.36. The van der Waals surface area contributed by atoms with E-state index in [1.54, 1.807) is 19.2 Å². The van der Waals surface area contributed by atoms with Crippen LogP contribution in [0.1, 0.15) is 18.4 Å². The Morgan fingerprint density at radius 2 is 1.80 bits per heavy atom. The molecule has 134 valence electrons. The van der Waals surface area contributed by atoms with Gasteiger partial charge in [0.25, 0.3) is 0 Å². The molecule has 0 spiro atoms. The summed E-state index contributed by atoms with van der Waals surface area (Å²) in [5, 5.41) is 10.3. The van der Waals surface area contributed by atoms with Gasteiger partial charge in [0.15, 0.2) is 0 Å². The zero-order chi connectivity index (χ0) is 17.6. The fourth-order valence-electron chi connectivity index (χ4n) is 2.82. The molecule has 0 aliphatic heterocycles. The lowest BCUT2D eigenvalue weighted by molar-refractivity contribution is 0.0622. The molecule has 0 radical (unpaired) electrons. The summed E-state index contributed by atoms with van der Waals surface area (Å²) in [4.78, 5) is 2.14. The van der Waals surface area contributed by atoms with E-state index in [0.29, 0.717) is 30.4 Å². The number of aliphatic hydroxyl groups is 1. The first-order chi connectivity index (χ1) is 12.2. The maximum Gasteiger partial charge on any atom is 0.127 e. The topological polar surface area (TPSA) is 41.9 Å². The average Bonchev–Trinajstić information content (AvgIpc) is 3.47. The highest BCUT2D eigenvalue weighted by atomic mass is 19.1. The quantitative estimate of drug-likeness (QED) is 0.758. The maximum absolute atomic E-state index is 13.9. The van der Waals surface area contributed by atoms with Gasteiger partial charge in [0.05, 0.1) is 7.11 Å². The van der Waals surface area contributed by atoms with Gasteiger partial charge >= 0.3 is 0 Å². The molecule has 0 heterocycles. The van der Waals surface area contributed by atoms with E-state index < -0.39 is 6.10 Å². The summed E-state index contributed by atoms with van der Waals surface area (Å²) in [5.74, 6) is 1.25. The van der Waals surface area contributed by atoms with Crippen molar-refractivity contribution < 1.29 is 19.0 Å². The minimum atomic E-state index is -0.630. The van der Waals surface area contributed by atoms with Gasteiger partial charge in [-0.05, 0) is 43.2 Å². The lowest BCUT2D eigenvalue weighted by Gasteiger charge is -2.25. The van der Waals surface area contributed by atoms with Crippen LogP contribution in [-0.4, -0.2) is 42.4 Å². The Hall–Kier alpha value is -2.11. The van der Waals surface area contributed by atoms with Crippen LogP contribution < -0.4 is 9.47 Å². The lowest BCUT2D eigenvalue weighted by atomic mass is 10.2. The van der Waals surface area contributed by atoms with Gasteiger partial charge in [-0.15, -0.1) is 0 Å². The summed E-state index contributed by atoms with van der Waals surface area (Å²) in [6.07, 6.45) is 1.57. The SMILES string of the molecule is COc1ccc(OC[C@H](O)CN(Cc2ccccc2F)C2CC2)cc1. The molecular weight excluding hydrogens is 321 g/mol. The van der Waals surface area contributed by atoms with Crippen LogP contribution in [0.15, 0.2) is 48.5 Å². The van der Waals surface area contributed by atoms with Crippen molar-refractivity contribution in [1.82, 2.24) is 4.90 Å². The molecule has 1 saturated carbocycles. The van der Waals surface area contributed by atoms with Crippen LogP contribution >= 0.6 is 0 Å². The molecule has 1 aliphatic carbocycles. The fraction of sp³-hybridized carbons (Fsp3) is 0.400. The first-order valence-corrected chi connectivity index (χ1v) is 8.58. The van der Waals surface area contributed by atoms with Crippen molar-refractivity contribution in [1.29, 1.82) is 0 Å². The highest BCUT2D eigenvalue weighted by Crippen LogP contribution is 2.29. The molecule has 1 aliphatic rings. The summed E-state index contributed by atoms with van der Waals surface area (Å²) >= 11 is 0. The van der Waals surface area contributed by atoms with E-state index >= 15 is 0 Å². The van der Waals surface area contributed by atoms with Crippen LogP contribution in [0, 0.1) is 5.82 Å². The number of rotatable bonds is 9. The van der Waals surface area contributed by atoms with Crippen molar-refractivity contribution in [3.05, 3.63) is 59.9 Å². The van der Waals surface area contributed by atoms with Gasteiger partial charge in [-0.2, -0.15) is 0 Å². The summed E-state index contributed by atoms with van der Waals surface area (Å²) in [6.45, 7) is 1.18.